The molecule has 0 atom stereocenters. The third-order valence-corrected chi connectivity index (χ3v) is 1.06. The van der Waals surface area contributed by atoms with Crippen molar-refractivity contribution < 1.29 is 0 Å². The van der Waals surface area contributed by atoms with Crippen LogP contribution >= 0.6 is 0 Å². The van der Waals surface area contributed by atoms with Crippen molar-refractivity contribution in [2.75, 3.05) is 0 Å². The van der Waals surface area contributed by atoms with E-state index in [1.807, 2.05) is 12.1 Å². The topological polar surface area (TPSA) is 89.1 Å². The average Bonchev–Trinajstić information content (AvgIpc) is 2.38. The maximum atomic E-state index is 8.26. The molecule has 1 rings (SSSR count). The first-order chi connectivity index (χ1) is 5.36. The van der Waals surface area contributed by atoms with Gasteiger partial charge in [0.15, 0.2) is 5.82 Å². The highest BCUT2D eigenvalue weighted by atomic mass is 15.2. The van der Waals surface area contributed by atoms with Crippen LogP contribution in [0.25, 0.3) is 0 Å². The van der Waals surface area contributed by atoms with Crippen molar-refractivity contribution in [2.24, 2.45) is 0 Å². The Morgan fingerprint density at radius 3 is 2.64 bits per heavy atom. The predicted molar refractivity (Wildman–Crippen MR) is 35.0 cm³/mol. The minimum absolute atomic E-state index is 0.182. The van der Waals surface area contributed by atoms with Crippen molar-refractivity contribution in [1.29, 1.82) is 10.5 Å². The Morgan fingerprint density at radius 2 is 2.00 bits per heavy atom. The Bertz CT molecular complexity index is 282. The van der Waals surface area contributed by atoms with Gasteiger partial charge in [-0.15, -0.1) is 0 Å². The Kier molecular flexibility index (Phi) is 2.19. The molecule has 0 spiro atoms. The van der Waals surface area contributed by atoms with E-state index in [4.69, 9.17) is 10.5 Å². The molecule has 0 fully saturated rings. The van der Waals surface area contributed by atoms with Crippen LogP contribution in [-0.2, 0) is 12.8 Å². The zero-order valence-corrected chi connectivity index (χ0v) is 5.70. The second-order valence-electron chi connectivity index (χ2n) is 1.87. The third kappa shape index (κ3) is 1.77. The van der Waals surface area contributed by atoms with Gasteiger partial charge in [0, 0.05) is 0 Å². The fourth-order valence-corrected chi connectivity index (χ4v) is 0.639. The second-order valence-corrected chi connectivity index (χ2v) is 1.87. The first-order valence-electron chi connectivity index (χ1n) is 3.01. The van der Waals surface area contributed by atoms with E-state index in [1.54, 1.807) is 0 Å². The third-order valence-electron chi connectivity index (χ3n) is 1.06. The zero-order chi connectivity index (χ0) is 8.10. The molecule has 0 amide bonds. The summed E-state index contributed by atoms with van der Waals surface area (Å²) in [5, 5.41) is 22.8. The number of nitriles is 2. The van der Waals surface area contributed by atoms with Gasteiger partial charge in [-0.3, -0.25) is 5.10 Å². The normalized spacial score (nSPS) is 8.55. The highest BCUT2D eigenvalue weighted by Gasteiger charge is 2.00. The number of rotatable bonds is 2. The predicted octanol–water partition coefficient (Wildman–Crippen LogP) is -0.0631. The lowest BCUT2D eigenvalue weighted by atomic mass is 10.4. The lowest BCUT2D eigenvalue weighted by Crippen LogP contribution is -1.85. The van der Waals surface area contributed by atoms with Gasteiger partial charge in [0.05, 0.1) is 25.0 Å². The fourth-order valence-electron chi connectivity index (χ4n) is 0.639. The molecule has 0 aliphatic heterocycles. The summed E-state index contributed by atoms with van der Waals surface area (Å²) in [5.74, 6) is 0.954. The van der Waals surface area contributed by atoms with Crippen LogP contribution in [0.15, 0.2) is 0 Å². The molecule has 0 saturated carbocycles. The van der Waals surface area contributed by atoms with E-state index in [0.717, 1.165) is 0 Å². The van der Waals surface area contributed by atoms with Gasteiger partial charge < -0.3 is 0 Å². The van der Waals surface area contributed by atoms with Crippen LogP contribution in [0.1, 0.15) is 11.6 Å². The summed E-state index contributed by atoms with van der Waals surface area (Å²) in [6, 6.07) is 3.83. The van der Waals surface area contributed by atoms with E-state index in [2.05, 4.69) is 15.2 Å². The Labute approximate surface area is 63.3 Å². The summed E-state index contributed by atoms with van der Waals surface area (Å²) >= 11 is 0. The summed E-state index contributed by atoms with van der Waals surface area (Å²) in [4.78, 5) is 3.88. The van der Waals surface area contributed by atoms with Crippen LogP contribution in [0.5, 0.6) is 0 Å². The highest BCUT2D eigenvalue weighted by Crippen LogP contribution is 1.92. The zero-order valence-electron chi connectivity index (χ0n) is 5.70. The van der Waals surface area contributed by atoms with Crippen molar-refractivity contribution in [1.82, 2.24) is 15.2 Å². The molecule has 0 bridgehead atoms. The smallest absolute Gasteiger partial charge is 0.164 e. The van der Waals surface area contributed by atoms with E-state index in [0.29, 0.717) is 11.6 Å². The molecule has 0 aliphatic rings. The Balaban J connectivity index is 2.69. The summed E-state index contributed by atoms with van der Waals surface area (Å²) in [6.45, 7) is 0. The number of aromatic amines is 1. The van der Waals surface area contributed by atoms with Crippen LogP contribution in [0, 0.1) is 22.7 Å². The summed E-state index contributed by atoms with van der Waals surface area (Å²) in [7, 11) is 0. The quantitative estimate of drug-likeness (QED) is 0.634. The van der Waals surface area contributed by atoms with Crippen LogP contribution in [-0.4, -0.2) is 15.2 Å². The van der Waals surface area contributed by atoms with E-state index in [9.17, 15) is 0 Å². The molecule has 0 unspecified atom stereocenters. The van der Waals surface area contributed by atoms with Crippen molar-refractivity contribution >= 4 is 0 Å². The highest BCUT2D eigenvalue weighted by molar-refractivity contribution is 5.00. The molecular weight excluding hydrogens is 142 g/mol. The number of nitrogens with one attached hydrogen (secondary N) is 1. The van der Waals surface area contributed by atoms with Crippen molar-refractivity contribution in [2.45, 2.75) is 12.8 Å². The number of nitrogens with zero attached hydrogens (tertiary/aromatic N) is 4. The van der Waals surface area contributed by atoms with Crippen molar-refractivity contribution in [3.05, 3.63) is 11.6 Å². The van der Waals surface area contributed by atoms with Gasteiger partial charge in [-0.25, -0.2) is 4.98 Å². The van der Waals surface area contributed by atoms with Gasteiger partial charge in [-0.05, 0) is 0 Å². The average molecular weight is 147 g/mol. The number of hydrogen-bond donors (Lipinski definition) is 1. The molecular formula is C6H5N5. The lowest BCUT2D eigenvalue weighted by Gasteiger charge is -1.78. The Morgan fingerprint density at radius 1 is 1.27 bits per heavy atom. The Hall–Kier alpha value is -1.88. The molecule has 54 valence electrons. The van der Waals surface area contributed by atoms with Crippen LogP contribution in [0.3, 0.4) is 0 Å². The molecule has 11 heavy (non-hydrogen) atoms. The SMILES string of the molecule is N#CCc1n[nH]c(CC#N)n1. The largest absolute Gasteiger partial charge is 0.262 e. The van der Waals surface area contributed by atoms with Crippen LogP contribution < -0.4 is 0 Å². The van der Waals surface area contributed by atoms with Crippen molar-refractivity contribution in [3.63, 3.8) is 0 Å². The molecule has 5 heteroatoms. The summed E-state index contributed by atoms with van der Waals surface area (Å²) in [6.07, 6.45) is 0.389. The van der Waals surface area contributed by atoms with Crippen molar-refractivity contribution in [3.8, 4) is 12.1 Å². The molecule has 1 N–H and O–H groups in total. The van der Waals surface area contributed by atoms with E-state index >= 15 is 0 Å². The van der Waals surface area contributed by atoms with E-state index < -0.39 is 0 Å². The molecule has 1 aromatic rings. The monoisotopic (exact) mass is 147 g/mol. The van der Waals surface area contributed by atoms with Crippen LogP contribution in [0.4, 0.5) is 0 Å². The number of H-pyrrole nitrogens is 1. The summed E-state index contributed by atoms with van der Waals surface area (Å²) < 4.78 is 0. The second kappa shape index (κ2) is 3.33. The first-order valence-corrected chi connectivity index (χ1v) is 3.01. The standard InChI is InChI=1S/C6H5N5/c7-3-1-5-9-6(2-4-8)11-10-5/h1-2H2,(H,9,10,11). The van der Waals surface area contributed by atoms with Gasteiger partial charge in [0.25, 0.3) is 0 Å². The lowest BCUT2D eigenvalue weighted by molar-refractivity contribution is 0.977. The minimum atomic E-state index is 0.182. The maximum absolute atomic E-state index is 8.26. The minimum Gasteiger partial charge on any atom is -0.262 e. The molecule has 0 aliphatic carbocycles. The first kappa shape index (κ1) is 7.23. The molecule has 1 heterocycles. The summed E-state index contributed by atoms with van der Waals surface area (Å²) in [5.41, 5.74) is 0. The van der Waals surface area contributed by atoms with Crippen LogP contribution in [0.2, 0.25) is 0 Å². The molecule has 0 saturated heterocycles. The van der Waals surface area contributed by atoms with Gasteiger partial charge in [0.1, 0.15) is 5.82 Å². The van der Waals surface area contributed by atoms with Gasteiger partial charge >= 0.3 is 0 Å². The van der Waals surface area contributed by atoms with Gasteiger partial charge in [0.2, 0.25) is 0 Å². The number of hydrogen-bond acceptors (Lipinski definition) is 4. The van der Waals surface area contributed by atoms with E-state index in [-0.39, 0.29) is 12.8 Å². The maximum Gasteiger partial charge on any atom is 0.164 e. The number of aromatic nitrogens is 3. The fraction of sp³-hybridized carbons (Fsp3) is 0.333. The van der Waals surface area contributed by atoms with Gasteiger partial charge in [-0.1, -0.05) is 0 Å². The van der Waals surface area contributed by atoms with E-state index in [1.165, 1.54) is 0 Å². The molecule has 1 aromatic heterocycles. The molecule has 0 radical (unpaired) electrons. The van der Waals surface area contributed by atoms with Gasteiger partial charge in [-0.2, -0.15) is 15.6 Å². The molecule has 0 aromatic carbocycles. The molecule has 5 nitrogen and oxygen atoms in total.